The summed E-state index contributed by atoms with van der Waals surface area (Å²) in [6, 6.07) is 18.6. The average molecular weight is 562 g/mol. The lowest BCUT2D eigenvalue weighted by Crippen LogP contribution is -2.55. The van der Waals surface area contributed by atoms with Crippen molar-refractivity contribution in [2.45, 2.75) is 57.2 Å². The third kappa shape index (κ3) is 5.74. The van der Waals surface area contributed by atoms with Crippen molar-refractivity contribution in [2.24, 2.45) is 5.92 Å². The van der Waals surface area contributed by atoms with Gasteiger partial charge in [0.15, 0.2) is 0 Å². The van der Waals surface area contributed by atoms with E-state index in [9.17, 15) is 14.4 Å². The van der Waals surface area contributed by atoms with Crippen molar-refractivity contribution in [1.82, 2.24) is 15.4 Å². The molecule has 9 heteroatoms. The van der Waals surface area contributed by atoms with Gasteiger partial charge in [0.2, 0.25) is 0 Å². The highest BCUT2D eigenvalue weighted by Gasteiger charge is 2.50. The van der Waals surface area contributed by atoms with Crippen LogP contribution in [0.4, 0.5) is 0 Å². The number of carbonyl (C=O) groups excluding carboxylic acids is 3. The molecule has 208 valence electrons. The Balaban J connectivity index is 1.56. The molecule has 2 heterocycles. The molecule has 4 unspecified atom stereocenters. The number of rotatable bonds is 8. The number of amides is 2. The van der Waals surface area contributed by atoms with Gasteiger partial charge in [-0.15, -0.1) is 0 Å². The number of hydroxylamine groups is 1. The molecule has 1 aromatic heterocycles. The predicted octanol–water partition coefficient (Wildman–Crippen LogP) is 5.39. The molecule has 3 aromatic rings. The minimum absolute atomic E-state index is 0.0861. The fourth-order valence-corrected chi connectivity index (χ4v) is 6.04. The standard InChI is InChI=1S/C31H32ClN3O5/c1-2-39-31(38)25-12-5-6-13-26(25)35-28(20-14-16-21(32)17-15-20)27(23-10-3-4-11-24(23)30(35)37)29(36)34-40-19-22-9-7-8-18-33-22/h3-4,7-11,14-18,25-28H,2,5-6,12-13,19H2,1H3,(H,34,36). The van der Waals surface area contributed by atoms with E-state index in [1.807, 2.05) is 24.3 Å². The summed E-state index contributed by atoms with van der Waals surface area (Å²) in [6.45, 7) is 2.13. The number of halogens is 1. The Morgan fingerprint density at radius 2 is 1.77 bits per heavy atom. The second-order valence-corrected chi connectivity index (χ2v) is 10.5. The fraction of sp³-hybridized carbons (Fsp3) is 0.355. The van der Waals surface area contributed by atoms with E-state index in [1.165, 1.54) is 0 Å². The zero-order valence-corrected chi connectivity index (χ0v) is 23.0. The molecule has 0 spiro atoms. The molecule has 4 atom stereocenters. The monoisotopic (exact) mass is 561 g/mol. The number of nitrogens with one attached hydrogen (secondary N) is 1. The first-order chi connectivity index (χ1) is 19.5. The average Bonchev–Trinajstić information content (AvgIpc) is 2.98. The highest BCUT2D eigenvalue weighted by molar-refractivity contribution is 6.30. The van der Waals surface area contributed by atoms with E-state index in [0.717, 1.165) is 18.4 Å². The van der Waals surface area contributed by atoms with E-state index in [2.05, 4.69) is 10.5 Å². The zero-order valence-electron chi connectivity index (χ0n) is 22.3. The SMILES string of the molecule is CCOC(=O)C1CCCCC1N1C(=O)c2ccccc2C(C(=O)NOCc2ccccn2)C1c1ccc(Cl)cc1. The quantitative estimate of drug-likeness (QED) is 0.293. The number of fused-ring (bicyclic) bond motifs is 1. The Kier molecular flexibility index (Phi) is 8.77. The Morgan fingerprint density at radius 3 is 2.52 bits per heavy atom. The van der Waals surface area contributed by atoms with Crippen LogP contribution in [0.2, 0.25) is 5.02 Å². The Labute approximate surface area is 238 Å². The highest BCUT2D eigenvalue weighted by Crippen LogP contribution is 2.47. The molecule has 1 aliphatic carbocycles. The number of hydrogen-bond donors (Lipinski definition) is 1. The normalized spacial score (nSPS) is 22.4. The van der Waals surface area contributed by atoms with Crippen molar-refractivity contribution in [1.29, 1.82) is 0 Å². The predicted molar refractivity (Wildman–Crippen MR) is 149 cm³/mol. The van der Waals surface area contributed by atoms with Crippen LogP contribution >= 0.6 is 11.6 Å². The smallest absolute Gasteiger partial charge is 0.311 e. The van der Waals surface area contributed by atoms with Crippen molar-refractivity contribution >= 4 is 29.4 Å². The number of benzene rings is 2. The maximum absolute atomic E-state index is 14.2. The molecule has 0 radical (unpaired) electrons. The van der Waals surface area contributed by atoms with Gasteiger partial charge < -0.3 is 9.64 Å². The maximum Gasteiger partial charge on any atom is 0.311 e. The van der Waals surface area contributed by atoms with Crippen molar-refractivity contribution in [3.8, 4) is 0 Å². The van der Waals surface area contributed by atoms with Gasteiger partial charge in [-0.3, -0.25) is 24.2 Å². The second kappa shape index (κ2) is 12.6. The summed E-state index contributed by atoms with van der Waals surface area (Å²) in [5, 5.41) is 0.541. The Bertz CT molecular complexity index is 1350. The van der Waals surface area contributed by atoms with Crippen molar-refractivity contribution < 1.29 is 24.0 Å². The Morgan fingerprint density at radius 1 is 1.02 bits per heavy atom. The van der Waals surface area contributed by atoms with Gasteiger partial charge in [0, 0.05) is 22.8 Å². The molecule has 1 N–H and O–H groups in total. The van der Waals surface area contributed by atoms with Crippen LogP contribution in [-0.2, 0) is 25.8 Å². The number of hydrogen-bond acceptors (Lipinski definition) is 6. The van der Waals surface area contributed by atoms with Gasteiger partial charge in [-0.05, 0) is 61.2 Å². The van der Waals surface area contributed by atoms with Crippen LogP contribution in [0.15, 0.2) is 72.9 Å². The molecule has 40 heavy (non-hydrogen) atoms. The van der Waals surface area contributed by atoms with Gasteiger partial charge in [-0.25, -0.2) is 5.48 Å². The molecule has 2 amide bonds. The number of aromatic nitrogens is 1. The molecule has 0 saturated heterocycles. The molecular weight excluding hydrogens is 530 g/mol. The maximum atomic E-state index is 14.2. The fourth-order valence-electron chi connectivity index (χ4n) is 5.91. The summed E-state index contributed by atoms with van der Waals surface area (Å²) in [4.78, 5) is 52.8. The van der Waals surface area contributed by atoms with Crippen molar-refractivity contribution in [3.63, 3.8) is 0 Å². The number of carbonyl (C=O) groups is 3. The lowest BCUT2D eigenvalue weighted by atomic mass is 9.75. The first kappa shape index (κ1) is 27.8. The van der Waals surface area contributed by atoms with Crippen LogP contribution in [0.3, 0.4) is 0 Å². The summed E-state index contributed by atoms with van der Waals surface area (Å²) in [6.07, 6.45) is 4.64. The van der Waals surface area contributed by atoms with Crippen LogP contribution in [0.25, 0.3) is 0 Å². The van der Waals surface area contributed by atoms with E-state index in [1.54, 1.807) is 60.5 Å². The van der Waals surface area contributed by atoms with Crippen LogP contribution in [0.1, 0.15) is 71.7 Å². The van der Waals surface area contributed by atoms with E-state index >= 15 is 0 Å². The molecule has 8 nitrogen and oxygen atoms in total. The first-order valence-electron chi connectivity index (χ1n) is 13.6. The summed E-state index contributed by atoms with van der Waals surface area (Å²) >= 11 is 6.22. The third-order valence-corrected chi connectivity index (χ3v) is 7.92. The van der Waals surface area contributed by atoms with E-state index in [0.29, 0.717) is 34.7 Å². The van der Waals surface area contributed by atoms with E-state index < -0.39 is 29.8 Å². The van der Waals surface area contributed by atoms with E-state index in [-0.39, 0.29) is 25.1 Å². The van der Waals surface area contributed by atoms with Gasteiger partial charge in [0.25, 0.3) is 11.8 Å². The lowest BCUT2D eigenvalue weighted by molar-refractivity contribution is -0.152. The summed E-state index contributed by atoms with van der Waals surface area (Å²) in [5.41, 5.74) is 5.05. The lowest BCUT2D eigenvalue weighted by Gasteiger charge is -2.48. The van der Waals surface area contributed by atoms with Crippen molar-refractivity contribution in [3.05, 3.63) is 100 Å². The van der Waals surface area contributed by atoms with Gasteiger partial charge in [0.1, 0.15) is 6.61 Å². The molecule has 0 bridgehead atoms. The third-order valence-electron chi connectivity index (χ3n) is 7.67. The number of ether oxygens (including phenoxy) is 1. The number of nitrogens with zero attached hydrogens (tertiary/aromatic N) is 2. The molecule has 2 aromatic carbocycles. The zero-order chi connectivity index (χ0) is 28.1. The minimum Gasteiger partial charge on any atom is -0.466 e. The highest BCUT2D eigenvalue weighted by atomic mass is 35.5. The number of pyridine rings is 1. The minimum atomic E-state index is -0.802. The summed E-state index contributed by atoms with van der Waals surface area (Å²) in [5.74, 6) is -2.21. The van der Waals surface area contributed by atoms with Gasteiger partial charge >= 0.3 is 5.97 Å². The van der Waals surface area contributed by atoms with Crippen LogP contribution < -0.4 is 5.48 Å². The molecule has 1 fully saturated rings. The summed E-state index contributed by atoms with van der Waals surface area (Å²) < 4.78 is 5.43. The Hall–Kier alpha value is -3.75. The van der Waals surface area contributed by atoms with Gasteiger partial charge in [0.05, 0.1) is 30.2 Å². The molecule has 1 saturated carbocycles. The van der Waals surface area contributed by atoms with Crippen molar-refractivity contribution in [2.75, 3.05) is 6.61 Å². The molecule has 5 rings (SSSR count). The van der Waals surface area contributed by atoms with Crippen LogP contribution in [0, 0.1) is 5.92 Å². The van der Waals surface area contributed by atoms with E-state index in [4.69, 9.17) is 21.2 Å². The second-order valence-electron chi connectivity index (χ2n) is 10.1. The summed E-state index contributed by atoms with van der Waals surface area (Å²) in [7, 11) is 0. The van der Waals surface area contributed by atoms with Crippen LogP contribution in [-0.4, -0.2) is 40.3 Å². The number of esters is 1. The van der Waals surface area contributed by atoms with Crippen LogP contribution in [0.5, 0.6) is 0 Å². The molecular formula is C31H32ClN3O5. The topological polar surface area (TPSA) is 97.8 Å². The van der Waals surface area contributed by atoms with Gasteiger partial charge in [-0.1, -0.05) is 60.8 Å². The molecule has 2 aliphatic rings. The molecule has 1 aliphatic heterocycles. The first-order valence-corrected chi connectivity index (χ1v) is 14.0. The van der Waals surface area contributed by atoms with Gasteiger partial charge in [-0.2, -0.15) is 0 Å². The largest absolute Gasteiger partial charge is 0.466 e.